The summed E-state index contributed by atoms with van der Waals surface area (Å²) in [5, 5.41) is 15.1. The summed E-state index contributed by atoms with van der Waals surface area (Å²) in [6.45, 7) is 7.37. The molecule has 1 fully saturated rings. The molecule has 3 N–H and O–H groups in total. The minimum absolute atomic E-state index is 0.237. The SMILES string of the molecule is CCCC(O)CNC(=O)NCc1ccc(N2CCC(C)CC2)cc1. The Kier molecular flexibility index (Phi) is 7.37. The molecule has 24 heavy (non-hydrogen) atoms. The molecular weight excluding hydrogens is 302 g/mol. The van der Waals surface area contributed by atoms with Gasteiger partial charge in [0, 0.05) is 31.9 Å². The van der Waals surface area contributed by atoms with Crippen LogP contribution in [0.4, 0.5) is 10.5 Å². The van der Waals surface area contributed by atoms with Gasteiger partial charge in [-0.3, -0.25) is 0 Å². The van der Waals surface area contributed by atoms with Crippen LogP contribution in [0.25, 0.3) is 0 Å². The average molecular weight is 333 g/mol. The molecule has 0 spiro atoms. The van der Waals surface area contributed by atoms with Crippen LogP contribution >= 0.6 is 0 Å². The Balaban J connectivity index is 1.72. The lowest BCUT2D eigenvalue weighted by Gasteiger charge is -2.32. The quantitative estimate of drug-likeness (QED) is 0.719. The minimum Gasteiger partial charge on any atom is -0.391 e. The van der Waals surface area contributed by atoms with Gasteiger partial charge in [0.2, 0.25) is 0 Å². The molecule has 0 radical (unpaired) electrons. The van der Waals surface area contributed by atoms with Crippen LogP contribution in [0.2, 0.25) is 0 Å². The third-order valence-corrected chi connectivity index (χ3v) is 4.66. The first-order valence-corrected chi connectivity index (χ1v) is 9.12. The zero-order valence-electron chi connectivity index (χ0n) is 14.9. The van der Waals surface area contributed by atoms with Crippen molar-refractivity contribution in [1.82, 2.24) is 10.6 Å². The van der Waals surface area contributed by atoms with Crippen molar-refractivity contribution in [3.63, 3.8) is 0 Å². The van der Waals surface area contributed by atoms with E-state index in [1.54, 1.807) is 0 Å². The lowest BCUT2D eigenvalue weighted by molar-refractivity contribution is 0.160. The number of nitrogens with one attached hydrogen (secondary N) is 2. The van der Waals surface area contributed by atoms with Crippen molar-refractivity contribution in [3.05, 3.63) is 29.8 Å². The van der Waals surface area contributed by atoms with Crippen LogP contribution in [0.5, 0.6) is 0 Å². The van der Waals surface area contributed by atoms with Crippen LogP contribution in [-0.4, -0.2) is 36.9 Å². The molecule has 1 heterocycles. The van der Waals surface area contributed by atoms with E-state index in [9.17, 15) is 9.90 Å². The van der Waals surface area contributed by atoms with Crippen molar-refractivity contribution < 1.29 is 9.90 Å². The number of nitrogens with zero attached hydrogens (tertiary/aromatic N) is 1. The van der Waals surface area contributed by atoms with Gasteiger partial charge in [0.05, 0.1) is 6.10 Å². The number of carbonyl (C=O) groups is 1. The molecule has 1 atom stereocenters. The van der Waals surface area contributed by atoms with Gasteiger partial charge >= 0.3 is 6.03 Å². The molecule has 0 aromatic heterocycles. The van der Waals surface area contributed by atoms with Gasteiger partial charge in [-0.05, 0) is 42.9 Å². The first-order valence-electron chi connectivity index (χ1n) is 9.12. The third-order valence-electron chi connectivity index (χ3n) is 4.66. The number of hydrogen-bond donors (Lipinski definition) is 3. The average Bonchev–Trinajstić information content (AvgIpc) is 2.59. The molecule has 1 aliphatic rings. The number of hydrogen-bond acceptors (Lipinski definition) is 3. The lowest BCUT2D eigenvalue weighted by Crippen LogP contribution is -2.39. The van der Waals surface area contributed by atoms with Crippen molar-refractivity contribution in [3.8, 4) is 0 Å². The topological polar surface area (TPSA) is 64.6 Å². The first-order chi connectivity index (χ1) is 11.6. The van der Waals surface area contributed by atoms with Crippen LogP contribution in [0, 0.1) is 5.92 Å². The Morgan fingerprint density at radius 3 is 2.54 bits per heavy atom. The monoisotopic (exact) mass is 333 g/mol. The Labute approximate surface area is 145 Å². The predicted molar refractivity (Wildman–Crippen MR) is 98.2 cm³/mol. The highest BCUT2D eigenvalue weighted by atomic mass is 16.3. The van der Waals surface area contributed by atoms with E-state index >= 15 is 0 Å². The molecule has 2 amide bonds. The Hall–Kier alpha value is -1.75. The number of urea groups is 1. The van der Waals surface area contributed by atoms with E-state index in [0.29, 0.717) is 19.5 Å². The van der Waals surface area contributed by atoms with Crippen LogP contribution in [0.3, 0.4) is 0 Å². The molecule has 5 heteroatoms. The number of anilines is 1. The summed E-state index contributed by atoms with van der Waals surface area (Å²) in [7, 11) is 0. The Morgan fingerprint density at radius 2 is 1.92 bits per heavy atom. The molecule has 0 bridgehead atoms. The van der Waals surface area contributed by atoms with E-state index in [-0.39, 0.29) is 6.03 Å². The molecule has 5 nitrogen and oxygen atoms in total. The van der Waals surface area contributed by atoms with Gasteiger partial charge in [-0.15, -0.1) is 0 Å². The normalized spacial score (nSPS) is 16.7. The van der Waals surface area contributed by atoms with Crippen molar-refractivity contribution in [2.24, 2.45) is 5.92 Å². The summed E-state index contributed by atoms with van der Waals surface area (Å²) in [5.41, 5.74) is 2.34. The first kappa shape index (κ1) is 18.6. The van der Waals surface area contributed by atoms with Gasteiger partial charge in [0.15, 0.2) is 0 Å². The zero-order chi connectivity index (χ0) is 17.4. The van der Waals surface area contributed by atoms with Gasteiger partial charge in [-0.25, -0.2) is 4.79 Å². The fourth-order valence-electron chi connectivity index (χ4n) is 2.98. The van der Waals surface area contributed by atoms with Gasteiger partial charge < -0.3 is 20.6 Å². The van der Waals surface area contributed by atoms with Gasteiger partial charge in [-0.1, -0.05) is 32.4 Å². The second-order valence-electron chi connectivity index (χ2n) is 6.84. The summed E-state index contributed by atoms with van der Waals surface area (Å²) in [4.78, 5) is 14.2. The molecular formula is C19H31N3O2. The molecule has 0 saturated carbocycles. The number of piperidine rings is 1. The maximum atomic E-state index is 11.7. The Bertz CT molecular complexity index is 496. The van der Waals surface area contributed by atoms with Crippen LogP contribution in [0.1, 0.15) is 45.1 Å². The second kappa shape index (κ2) is 9.52. The lowest BCUT2D eigenvalue weighted by atomic mass is 9.99. The number of aliphatic hydroxyl groups excluding tert-OH is 1. The standard InChI is InChI=1S/C19H31N3O2/c1-3-4-18(23)14-21-19(24)20-13-16-5-7-17(8-6-16)22-11-9-15(2)10-12-22/h5-8,15,18,23H,3-4,9-14H2,1-2H3,(H2,20,21,24). The fraction of sp³-hybridized carbons (Fsp3) is 0.632. The Morgan fingerprint density at radius 1 is 1.25 bits per heavy atom. The van der Waals surface area contributed by atoms with Crippen LogP contribution in [-0.2, 0) is 6.54 Å². The number of aliphatic hydroxyl groups is 1. The summed E-state index contributed by atoms with van der Waals surface area (Å²) in [5.74, 6) is 0.832. The molecule has 1 aromatic rings. The number of amides is 2. The van der Waals surface area contributed by atoms with Gasteiger partial charge in [0.25, 0.3) is 0 Å². The van der Waals surface area contributed by atoms with Crippen molar-refractivity contribution in [2.75, 3.05) is 24.5 Å². The highest BCUT2D eigenvalue weighted by Gasteiger charge is 2.15. The van der Waals surface area contributed by atoms with E-state index in [1.165, 1.54) is 18.5 Å². The summed E-state index contributed by atoms with van der Waals surface area (Å²) in [6.07, 6.45) is 3.66. The van der Waals surface area contributed by atoms with E-state index in [0.717, 1.165) is 31.0 Å². The highest BCUT2D eigenvalue weighted by molar-refractivity contribution is 5.73. The summed E-state index contributed by atoms with van der Waals surface area (Å²) < 4.78 is 0. The van der Waals surface area contributed by atoms with E-state index in [4.69, 9.17) is 0 Å². The fourth-order valence-corrected chi connectivity index (χ4v) is 2.98. The molecule has 1 unspecified atom stereocenters. The van der Waals surface area contributed by atoms with Crippen LogP contribution < -0.4 is 15.5 Å². The summed E-state index contributed by atoms with van der Waals surface area (Å²) in [6, 6.07) is 8.17. The van der Waals surface area contributed by atoms with Gasteiger partial charge in [-0.2, -0.15) is 0 Å². The number of carbonyl (C=O) groups excluding carboxylic acids is 1. The van der Waals surface area contributed by atoms with E-state index in [2.05, 4.69) is 46.7 Å². The second-order valence-corrected chi connectivity index (χ2v) is 6.84. The third kappa shape index (κ3) is 6.04. The smallest absolute Gasteiger partial charge is 0.315 e. The maximum Gasteiger partial charge on any atom is 0.315 e. The predicted octanol–water partition coefficient (Wildman–Crippen LogP) is 2.88. The number of benzene rings is 1. The van der Waals surface area contributed by atoms with Crippen LogP contribution in [0.15, 0.2) is 24.3 Å². The van der Waals surface area contributed by atoms with E-state index < -0.39 is 6.10 Å². The molecule has 2 rings (SSSR count). The molecule has 0 aliphatic carbocycles. The molecule has 1 aliphatic heterocycles. The molecule has 134 valence electrons. The zero-order valence-corrected chi connectivity index (χ0v) is 14.9. The van der Waals surface area contributed by atoms with Crippen molar-refractivity contribution in [2.45, 2.75) is 52.2 Å². The van der Waals surface area contributed by atoms with Crippen molar-refractivity contribution in [1.29, 1.82) is 0 Å². The molecule has 1 saturated heterocycles. The van der Waals surface area contributed by atoms with Gasteiger partial charge in [0.1, 0.15) is 0 Å². The largest absolute Gasteiger partial charge is 0.391 e. The summed E-state index contributed by atoms with van der Waals surface area (Å²) >= 11 is 0. The highest BCUT2D eigenvalue weighted by Crippen LogP contribution is 2.23. The van der Waals surface area contributed by atoms with E-state index in [1.807, 2.05) is 6.92 Å². The van der Waals surface area contributed by atoms with Crippen molar-refractivity contribution >= 4 is 11.7 Å². The minimum atomic E-state index is -0.465. The number of rotatable bonds is 7. The molecule has 1 aromatic carbocycles. The maximum absolute atomic E-state index is 11.7.